The van der Waals surface area contributed by atoms with E-state index in [9.17, 15) is 25.2 Å². The number of hydrogen-bond donors (Lipinski definition) is 5. The molecular formula is C55H109NO5. The third-order valence-electron chi connectivity index (χ3n) is 13.2. The van der Waals surface area contributed by atoms with E-state index in [1.165, 1.54) is 238 Å². The number of hydrogen-bond acceptors (Lipinski definition) is 5. The van der Waals surface area contributed by atoms with Crippen molar-refractivity contribution in [3.8, 4) is 0 Å². The minimum absolute atomic E-state index is 0.368. The van der Waals surface area contributed by atoms with E-state index in [1.54, 1.807) is 0 Å². The molecule has 364 valence electrons. The zero-order chi connectivity index (χ0) is 44.5. The first kappa shape index (κ1) is 60.1. The molecule has 4 atom stereocenters. The lowest BCUT2D eigenvalue weighted by Crippen LogP contribution is -2.53. The highest BCUT2D eigenvalue weighted by atomic mass is 16.3. The van der Waals surface area contributed by atoms with Gasteiger partial charge in [-0.2, -0.15) is 0 Å². The second-order valence-corrected chi connectivity index (χ2v) is 19.3. The Bertz CT molecular complexity index is 882. The van der Waals surface area contributed by atoms with E-state index in [-0.39, 0.29) is 0 Å². The lowest BCUT2D eigenvalue weighted by molar-refractivity contribution is -0.132. The average Bonchev–Trinajstić information content (AvgIpc) is 3.26. The number of aliphatic hydroxyl groups excluding tert-OH is 4. The Balaban J connectivity index is 3.44. The van der Waals surface area contributed by atoms with Crippen LogP contribution < -0.4 is 5.32 Å². The molecule has 5 N–H and O–H groups in total. The fraction of sp³-hybridized carbons (Fsp3) is 0.945. The fourth-order valence-corrected chi connectivity index (χ4v) is 8.88. The van der Waals surface area contributed by atoms with Crippen molar-refractivity contribution in [2.45, 2.75) is 327 Å². The van der Waals surface area contributed by atoms with Gasteiger partial charge in [0.15, 0.2) is 0 Å². The minimum atomic E-state index is -1.28. The first-order chi connectivity index (χ1) is 30.0. The van der Waals surface area contributed by atoms with Crippen LogP contribution in [0.25, 0.3) is 0 Å². The van der Waals surface area contributed by atoms with Gasteiger partial charge in [-0.1, -0.05) is 276 Å². The van der Waals surface area contributed by atoms with Gasteiger partial charge >= 0.3 is 0 Å². The normalized spacial score (nSPS) is 13.9. The molecule has 0 rings (SSSR count). The Kier molecular flexibility index (Phi) is 49.3. The van der Waals surface area contributed by atoms with Gasteiger partial charge in [0.2, 0.25) is 5.91 Å². The average molecular weight is 864 g/mol. The summed E-state index contributed by atoms with van der Waals surface area (Å²) in [6, 6.07) is -0.996. The number of unbranched alkanes of at least 4 members (excludes halogenated alkanes) is 40. The molecule has 0 aromatic carbocycles. The maximum absolute atomic E-state index is 12.5. The lowest BCUT2D eigenvalue weighted by atomic mass is 10.00. The molecular weight excluding hydrogens is 755 g/mol. The van der Waals surface area contributed by atoms with Crippen LogP contribution in [0, 0.1) is 0 Å². The van der Waals surface area contributed by atoms with Gasteiger partial charge in [-0.25, -0.2) is 0 Å². The maximum Gasteiger partial charge on any atom is 0.249 e. The van der Waals surface area contributed by atoms with Crippen molar-refractivity contribution in [3.63, 3.8) is 0 Å². The summed E-state index contributed by atoms with van der Waals surface area (Å²) in [6.45, 7) is 4.02. The summed E-state index contributed by atoms with van der Waals surface area (Å²) in [6.07, 6.45) is 59.0. The predicted molar refractivity (Wildman–Crippen MR) is 265 cm³/mol. The molecule has 6 heteroatoms. The Morgan fingerprint density at radius 1 is 0.393 bits per heavy atom. The molecule has 0 aliphatic rings. The lowest BCUT2D eigenvalue weighted by Gasteiger charge is -2.27. The van der Waals surface area contributed by atoms with Crippen LogP contribution in [0.15, 0.2) is 12.2 Å². The van der Waals surface area contributed by atoms with Crippen molar-refractivity contribution in [2.24, 2.45) is 0 Å². The molecule has 0 heterocycles. The third-order valence-corrected chi connectivity index (χ3v) is 13.2. The Labute approximate surface area is 381 Å². The molecule has 6 nitrogen and oxygen atoms in total. The van der Waals surface area contributed by atoms with Crippen molar-refractivity contribution in [2.75, 3.05) is 6.61 Å². The summed E-state index contributed by atoms with van der Waals surface area (Å²) in [5.74, 6) is -0.590. The van der Waals surface area contributed by atoms with E-state index in [4.69, 9.17) is 0 Å². The van der Waals surface area contributed by atoms with Gasteiger partial charge in [-0.3, -0.25) is 4.79 Å². The van der Waals surface area contributed by atoms with E-state index in [2.05, 4.69) is 31.3 Å². The molecule has 4 unspecified atom stereocenters. The van der Waals surface area contributed by atoms with Crippen LogP contribution >= 0.6 is 0 Å². The van der Waals surface area contributed by atoms with Gasteiger partial charge < -0.3 is 25.7 Å². The maximum atomic E-state index is 12.5. The highest BCUT2D eigenvalue weighted by Gasteiger charge is 2.28. The van der Waals surface area contributed by atoms with Gasteiger partial charge in [-0.05, 0) is 38.5 Å². The molecule has 0 fully saturated rings. The molecule has 0 aliphatic heterocycles. The fourth-order valence-electron chi connectivity index (χ4n) is 8.88. The van der Waals surface area contributed by atoms with Crippen molar-refractivity contribution in [1.82, 2.24) is 5.32 Å². The number of aliphatic hydroxyl groups is 4. The predicted octanol–water partition coefficient (Wildman–Crippen LogP) is 15.7. The first-order valence-electron chi connectivity index (χ1n) is 27.6. The molecule has 0 spiro atoms. The van der Waals surface area contributed by atoms with E-state index in [1.807, 2.05) is 0 Å². The van der Waals surface area contributed by atoms with Crippen molar-refractivity contribution in [1.29, 1.82) is 0 Å². The molecule has 0 radical (unpaired) electrons. The Morgan fingerprint density at radius 2 is 0.672 bits per heavy atom. The van der Waals surface area contributed by atoms with Gasteiger partial charge in [0.05, 0.1) is 18.8 Å². The minimum Gasteiger partial charge on any atom is -0.394 e. The first-order valence-corrected chi connectivity index (χ1v) is 27.6. The molecule has 0 aromatic rings. The summed E-state index contributed by atoms with van der Waals surface area (Å²) in [7, 11) is 0. The van der Waals surface area contributed by atoms with Gasteiger partial charge in [0.25, 0.3) is 0 Å². The van der Waals surface area contributed by atoms with Crippen molar-refractivity contribution >= 4 is 5.91 Å². The third kappa shape index (κ3) is 44.1. The van der Waals surface area contributed by atoms with Gasteiger partial charge in [0.1, 0.15) is 12.2 Å². The smallest absolute Gasteiger partial charge is 0.249 e. The molecule has 0 bridgehead atoms. The van der Waals surface area contributed by atoms with Crippen LogP contribution in [-0.4, -0.2) is 57.3 Å². The van der Waals surface area contributed by atoms with Crippen LogP contribution in [0.4, 0.5) is 0 Å². The molecule has 0 saturated heterocycles. The van der Waals surface area contributed by atoms with E-state index in [0.29, 0.717) is 12.8 Å². The molecule has 0 aromatic heterocycles. The summed E-state index contributed by atoms with van der Waals surface area (Å²) in [4.78, 5) is 12.5. The summed E-state index contributed by atoms with van der Waals surface area (Å²) < 4.78 is 0. The van der Waals surface area contributed by atoms with Crippen LogP contribution in [0.2, 0.25) is 0 Å². The zero-order valence-corrected chi connectivity index (χ0v) is 41.2. The second kappa shape index (κ2) is 50.1. The highest BCUT2D eigenvalue weighted by molar-refractivity contribution is 5.80. The largest absolute Gasteiger partial charge is 0.394 e. The number of carbonyl (C=O) groups is 1. The van der Waals surface area contributed by atoms with E-state index >= 15 is 0 Å². The molecule has 0 aliphatic carbocycles. The van der Waals surface area contributed by atoms with Crippen LogP contribution in [-0.2, 0) is 4.79 Å². The van der Waals surface area contributed by atoms with Crippen LogP contribution in [0.3, 0.4) is 0 Å². The molecule has 0 saturated carbocycles. The Hall–Kier alpha value is -0.950. The van der Waals surface area contributed by atoms with Crippen molar-refractivity contribution in [3.05, 3.63) is 12.2 Å². The SMILES string of the molecule is CCCCCC/C=C/CCCC(O)C(O)C(CO)NC(=O)C(O)CCCCCCCCCCCCCCCCCCCCCCCCCCCCCCCCCCCCCC. The summed E-state index contributed by atoms with van der Waals surface area (Å²) in [5.41, 5.74) is 0. The number of nitrogens with one attached hydrogen (secondary N) is 1. The van der Waals surface area contributed by atoms with E-state index < -0.39 is 36.9 Å². The van der Waals surface area contributed by atoms with Crippen LogP contribution in [0.5, 0.6) is 0 Å². The number of rotatable bonds is 51. The van der Waals surface area contributed by atoms with Gasteiger partial charge in [-0.15, -0.1) is 0 Å². The Morgan fingerprint density at radius 3 is 0.984 bits per heavy atom. The monoisotopic (exact) mass is 864 g/mol. The van der Waals surface area contributed by atoms with Crippen LogP contribution in [0.1, 0.15) is 303 Å². The zero-order valence-electron chi connectivity index (χ0n) is 41.2. The standard InChI is InChI=1S/C55H109NO5/c1-3-5-7-9-11-13-14-15-16-17-18-19-20-21-22-23-24-25-26-27-28-29-30-31-32-33-34-35-36-37-38-39-41-43-45-47-49-53(59)55(61)56-51(50-57)54(60)52(58)48-46-44-42-40-12-10-8-6-4-2/h40,42,51-54,57-60H,3-39,41,43-50H2,1-2H3,(H,56,61)/b42-40+. The topological polar surface area (TPSA) is 110 Å². The number of amides is 1. The summed E-state index contributed by atoms with van der Waals surface area (Å²) in [5, 5.41) is 43.6. The second-order valence-electron chi connectivity index (χ2n) is 19.3. The number of allylic oxidation sites excluding steroid dienone is 2. The summed E-state index contributed by atoms with van der Waals surface area (Å²) >= 11 is 0. The number of carbonyl (C=O) groups excluding carboxylic acids is 1. The van der Waals surface area contributed by atoms with Gasteiger partial charge in [0, 0.05) is 0 Å². The van der Waals surface area contributed by atoms with Crippen molar-refractivity contribution < 1.29 is 25.2 Å². The molecule has 1 amide bonds. The quantitative estimate of drug-likeness (QED) is 0.0309. The van der Waals surface area contributed by atoms with E-state index in [0.717, 1.165) is 38.5 Å². The highest BCUT2D eigenvalue weighted by Crippen LogP contribution is 2.18. The molecule has 61 heavy (non-hydrogen) atoms.